The minimum atomic E-state index is -0.0285. The van der Waals surface area contributed by atoms with Crippen molar-refractivity contribution in [3.63, 3.8) is 0 Å². The Labute approximate surface area is 154 Å². The highest BCUT2D eigenvalue weighted by atomic mass is 16.6. The molecule has 0 radical (unpaired) electrons. The molecule has 4 heterocycles. The van der Waals surface area contributed by atoms with Crippen molar-refractivity contribution in [2.75, 3.05) is 13.1 Å². The maximum absolute atomic E-state index is 12.5. The van der Waals surface area contributed by atoms with Crippen LogP contribution in [0.2, 0.25) is 0 Å². The summed E-state index contributed by atoms with van der Waals surface area (Å²) in [6.45, 7) is 6.20. The van der Waals surface area contributed by atoms with E-state index in [4.69, 9.17) is 9.47 Å². The summed E-state index contributed by atoms with van der Waals surface area (Å²) >= 11 is 0. The highest BCUT2D eigenvalue weighted by molar-refractivity contribution is 5.77. The first-order valence-corrected chi connectivity index (χ1v) is 10.3. The number of nitrogens with one attached hydrogen (secondary N) is 2. The van der Waals surface area contributed by atoms with E-state index in [0.717, 1.165) is 51.6 Å². The van der Waals surface area contributed by atoms with Gasteiger partial charge in [-0.05, 0) is 49.4 Å². The van der Waals surface area contributed by atoms with Gasteiger partial charge in [-0.2, -0.15) is 0 Å². The molecule has 0 spiro atoms. The van der Waals surface area contributed by atoms with Crippen molar-refractivity contribution in [3.8, 4) is 0 Å². The first-order valence-electron chi connectivity index (χ1n) is 10.3. The van der Waals surface area contributed by atoms with Gasteiger partial charge in [0.2, 0.25) is 0 Å². The minimum Gasteiger partial charge on any atom is -0.462 e. The molecule has 0 aromatic heterocycles. The molecule has 3 saturated carbocycles. The monoisotopic (exact) mass is 362 g/mol. The van der Waals surface area contributed by atoms with Gasteiger partial charge in [0.05, 0.1) is 11.8 Å². The smallest absolute Gasteiger partial charge is 0.311 e. The van der Waals surface area contributed by atoms with Crippen molar-refractivity contribution >= 4 is 11.9 Å². The third-order valence-electron chi connectivity index (χ3n) is 7.91. The van der Waals surface area contributed by atoms with Crippen LogP contribution < -0.4 is 10.6 Å². The SMILES string of the molecule is CC12CNC(C1)C2C(=O)OC1CCC(OC(=O)C2C3CC2(C)CN3)CC1. The van der Waals surface area contributed by atoms with Crippen LogP contribution in [-0.4, -0.2) is 49.3 Å². The Morgan fingerprint density at radius 1 is 0.769 bits per heavy atom. The second-order valence-electron chi connectivity index (χ2n) is 9.92. The molecule has 7 rings (SSSR count). The summed E-state index contributed by atoms with van der Waals surface area (Å²) in [4.78, 5) is 25.0. The summed E-state index contributed by atoms with van der Waals surface area (Å²) in [6, 6.07) is 0.634. The Morgan fingerprint density at radius 3 is 1.42 bits per heavy atom. The molecule has 7 fully saturated rings. The molecule has 6 heteroatoms. The summed E-state index contributed by atoms with van der Waals surface area (Å²) in [7, 11) is 0. The summed E-state index contributed by atoms with van der Waals surface area (Å²) in [5.74, 6) is -0.000696. The van der Waals surface area contributed by atoms with Gasteiger partial charge in [-0.1, -0.05) is 13.8 Å². The predicted octanol–water partition coefficient (Wildman–Crippen LogP) is 1.38. The fourth-order valence-corrected chi connectivity index (χ4v) is 6.26. The van der Waals surface area contributed by atoms with Crippen molar-refractivity contribution in [2.45, 2.75) is 76.7 Å². The van der Waals surface area contributed by atoms with E-state index in [1.165, 1.54) is 0 Å². The van der Waals surface area contributed by atoms with E-state index in [1.54, 1.807) is 0 Å². The van der Waals surface area contributed by atoms with Gasteiger partial charge in [-0.25, -0.2) is 0 Å². The van der Waals surface area contributed by atoms with Crippen molar-refractivity contribution in [3.05, 3.63) is 0 Å². The normalized spacial score (nSPS) is 51.3. The molecular weight excluding hydrogens is 332 g/mol. The largest absolute Gasteiger partial charge is 0.462 e. The predicted molar refractivity (Wildman–Crippen MR) is 94.2 cm³/mol. The molecule has 4 aliphatic heterocycles. The van der Waals surface area contributed by atoms with Gasteiger partial charge < -0.3 is 20.1 Å². The van der Waals surface area contributed by atoms with E-state index in [-0.39, 0.29) is 46.8 Å². The third-order valence-corrected chi connectivity index (χ3v) is 7.91. The quantitative estimate of drug-likeness (QED) is 0.736. The van der Waals surface area contributed by atoms with Crippen LogP contribution in [0.5, 0.6) is 0 Å². The molecule has 0 aromatic carbocycles. The second-order valence-corrected chi connectivity index (χ2v) is 9.92. The van der Waals surface area contributed by atoms with Crippen LogP contribution in [0.25, 0.3) is 0 Å². The molecule has 2 N–H and O–H groups in total. The van der Waals surface area contributed by atoms with Crippen molar-refractivity contribution in [1.82, 2.24) is 10.6 Å². The van der Waals surface area contributed by atoms with Crippen LogP contribution in [0.3, 0.4) is 0 Å². The highest BCUT2D eigenvalue weighted by Crippen LogP contribution is 2.53. The molecular formula is C20H30N2O4. The van der Waals surface area contributed by atoms with Crippen molar-refractivity contribution < 1.29 is 19.1 Å². The molecule has 26 heavy (non-hydrogen) atoms. The average molecular weight is 362 g/mol. The maximum Gasteiger partial charge on any atom is 0.311 e. The number of hydrogen-bond donors (Lipinski definition) is 2. The first-order chi connectivity index (χ1) is 12.4. The van der Waals surface area contributed by atoms with Crippen LogP contribution >= 0.6 is 0 Å². The molecule has 6 unspecified atom stereocenters. The lowest BCUT2D eigenvalue weighted by molar-refractivity contribution is -0.172. The molecule has 6 atom stereocenters. The lowest BCUT2D eigenvalue weighted by atomic mass is 9.62. The number of esters is 2. The van der Waals surface area contributed by atoms with Gasteiger partial charge in [0.25, 0.3) is 0 Å². The lowest BCUT2D eigenvalue weighted by Gasteiger charge is -2.43. The zero-order chi connectivity index (χ0) is 18.1. The standard InChI is InChI=1S/C20H30N2O4/c1-19-7-13(21-9-19)15(19)17(23)25-11-3-5-12(6-4-11)26-18(24)16-14-8-20(16,2)10-22-14/h11-16,21-22H,3-10H2,1-2H3. The molecule has 144 valence electrons. The van der Waals surface area contributed by atoms with E-state index in [0.29, 0.717) is 12.1 Å². The fraction of sp³-hybridized carbons (Fsp3) is 0.900. The number of carbonyl (C=O) groups is 2. The maximum atomic E-state index is 12.5. The van der Waals surface area contributed by atoms with E-state index >= 15 is 0 Å². The van der Waals surface area contributed by atoms with Crippen molar-refractivity contribution in [1.29, 1.82) is 0 Å². The molecule has 6 nitrogen and oxygen atoms in total. The molecule has 0 amide bonds. The molecule has 7 aliphatic rings. The van der Waals surface area contributed by atoms with Crippen LogP contribution in [0.1, 0.15) is 52.4 Å². The van der Waals surface area contributed by atoms with Crippen LogP contribution in [-0.2, 0) is 19.1 Å². The molecule has 3 aliphatic carbocycles. The Kier molecular flexibility index (Phi) is 3.71. The van der Waals surface area contributed by atoms with Gasteiger partial charge in [-0.15, -0.1) is 0 Å². The van der Waals surface area contributed by atoms with E-state index < -0.39 is 0 Å². The fourth-order valence-electron chi connectivity index (χ4n) is 6.26. The van der Waals surface area contributed by atoms with Gasteiger partial charge in [-0.3, -0.25) is 9.59 Å². The van der Waals surface area contributed by atoms with Gasteiger partial charge in [0.1, 0.15) is 12.2 Å². The average Bonchev–Trinajstić information content (AvgIpc) is 3.28. The zero-order valence-corrected chi connectivity index (χ0v) is 15.8. The number of ether oxygens (including phenoxy) is 2. The summed E-state index contributed by atoms with van der Waals surface area (Å²) in [6.07, 6.45) is 5.35. The van der Waals surface area contributed by atoms with Crippen LogP contribution in [0, 0.1) is 22.7 Å². The topological polar surface area (TPSA) is 76.7 Å². The number of rotatable bonds is 4. The second kappa shape index (κ2) is 5.68. The zero-order valence-electron chi connectivity index (χ0n) is 15.8. The third kappa shape index (κ3) is 2.44. The van der Waals surface area contributed by atoms with Crippen LogP contribution in [0.4, 0.5) is 0 Å². The summed E-state index contributed by atoms with van der Waals surface area (Å²) in [5.41, 5.74) is 0.196. The first kappa shape index (κ1) is 17.0. The van der Waals surface area contributed by atoms with Gasteiger partial charge in [0.15, 0.2) is 0 Å². The number of fused-ring (bicyclic) bond motifs is 2. The Bertz CT molecular complexity index is 569. The molecule has 0 aromatic rings. The Hall–Kier alpha value is -1.14. The minimum absolute atomic E-state index is 0.0138. The number of carbonyl (C=O) groups excluding carboxylic acids is 2. The van der Waals surface area contributed by atoms with E-state index in [1.807, 2.05) is 0 Å². The van der Waals surface area contributed by atoms with Gasteiger partial charge >= 0.3 is 11.9 Å². The number of hydrogen-bond acceptors (Lipinski definition) is 6. The Balaban J connectivity index is 1.08. The lowest BCUT2D eigenvalue weighted by Crippen LogP contribution is -2.51. The molecule has 4 saturated heterocycles. The summed E-state index contributed by atoms with van der Waals surface area (Å²) in [5, 5.41) is 6.81. The molecule has 4 bridgehead atoms. The van der Waals surface area contributed by atoms with Crippen molar-refractivity contribution in [2.24, 2.45) is 22.7 Å². The Morgan fingerprint density at radius 2 is 1.15 bits per heavy atom. The highest BCUT2D eigenvalue weighted by Gasteiger charge is 2.61. The summed E-state index contributed by atoms with van der Waals surface area (Å²) < 4.78 is 11.6. The van der Waals surface area contributed by atoms with Crippen LogP contribution in [0.15, 0.2) is 0 Å². The van der Waals surface area contributed by atoms with E-state index in [2.05, 4.69) is 24.5 Å². The van der Waals surface area contributed by atoms with Gasteiger partial charge in [0, 0.05) is 25.2 Å². The van der Waals surface area contributed by atoms with E-state index in [9.17, 15) is 9.59 Å².